The van der Waals surface area contributed by atoms with Crippen LogP contribution in [0, 0.1) is 5.82 Å². The van der Waals surface area contributed by atoms with Crippen molar-refractivity contribution in [1.29, 1.82) is 0 Å². The standard InChI is InChI=1S/C28H36FN3O6S/c29-21-6-9-25(10-7-21)39(35,36)32-17-23(33)18-37-19-27-26(32)11-8-24(38-27)14-28(34)30-22-12-13-31(16-22)15-20-4-2-1-3-5-20/h1-7,9-10,22-24,26-27,33H,8,11-19H2,(H,30,34)/t22-,23-,24+,26-,27+/m1/s1. The molecule has 0 radical (unpaired) electrons. The van der Waals surface area contributed by atoms with E-state index in [1.54, 1.807) is 0 Å². The van der Waals surface area contributed by atoms with Crippen molar-refractivity contribution in [1.82, 2.24) is 14.5 Å². The number of nitrogens with zero attached hydrogens (tertiary/aromatic N) is 2. The molecule has 2 N–H and O–H groups in total. The second-order valence-corrected chi connectivity index (χ2v) is 12.5. The maximum atomic E-state index is 13.5. The van der Waals surface area contributed by atoms with Gasteiger partial charge in [-0.3, -0.25) is 9.69 Å². The van der Waals surface area contributed by atoms with Gasteiger partial charge in [0, 0.05) is 32.2 Å². The summed E-state index contributed by atoms with van der Waals surface area (Å²) in [6, 6.07) is 14.4. The summed E-state index contributed by atoms with van der Waals surface area (Å²) in [5, 5.41) is 13.5. The predicted octanol–water partition coefficient (Wildman–Crippen LogP) is 1.90. The lowest BCUT2D eigenvalue weighted by atomic mass is 9.96. The number of rotatable bonds is 7. The molecule has 3 heterocycles. The largest absolute Gasteiger partial charge is 0.389 e. The molecule has 0 aliphatic carbocycles. The van der Waals surface area contributed by atoms with E-state index in [0.717, 1.165) is 38.2 Å². The molecule has 3 aliphatic heterocycles. The molecule has 9 nitrogen and oxygen atoms in total. The maximum absolute atomic E-state index is 13.5. The number of aliphatic hydroxyl groups is 1. The summed E-state index contributed by atoms with van der Waals surface area (Å²) < 4.78 is 53.5. The fourth-order valence-corrected chi connectivity index (χ4v) is 7.46. The highest BCUT2D eigenvalue weighted by Crippen LogP contribution is 2.31. The van der Waals surface area contributed by atoms with Crippen molar-refractivity contribution in [2.24, 2.45) is 0 Å². The van der Waals surface area contributed by atoms with E-state index in [4.69, 9.17) is 9.47 Å². The molecule has 3 fully saturated rings. The van der Waals surface area contributed by atoms with Crippen LogP contribution in [-0.4, -0.2) is 91.9 Å². The first-order chi connectivity index (χ1) is 18.8. The van der Waals surface area contributed by atoms with Crippen LogP contribution in [0.3, 0.4) is 0 Å². The molecule has 0 bridgehead atoms. The van der Waals surface area contributed by atoms with Crippen molar-refractivity contribution in [3.8, 4) is 0 Å². The topological polar surface area (TPSA) is 108 Å². The van der Waals surface area contributed by atoms with Gasteiger partial charge in [0.25, 0.3) is 0 Å². The van der Waals surface area contributed by atoms with Crippen LogP contribution in [0.2, 0.25) is 0 Å². The number of carbonyl (C=O) groups excluding carboxylic acids is 1. The second-order valence-electron chi connectivity index (χ2n) is 10.6. The number of hydrogen-bond donors (Lipinski definition) is 2. The lowest BCUT2D eigenvalue weighted by Gasteiger charge is -2.43. The number of carbonyl (C=O) groups is 1. The molecular formula is C28H36FN3O6S. The molecule has 2 aromatic rings. The summed E-state index contributed by atoms with van der Waals surface area (Å²) in [4.78, 5) is 15.2. The third kappa shape index (κ3) is 7.03. The molecule has 212 valence electrons. The molecule has 0 aromatic heterocycles. The zero-order valence-electron chi connectivity index (χ0n) is 21.8. The van der Waals surface area contributed by atoms with Gasteiger partial charge in [0.1, 0.15) is 5.82 Å². The van der Waals surface area contributed by atoms with Gasteiger partial charge in [-0.05, 0) is 49.1 Å². The van der Waals surface area contributed by atoms with E-state index < -0.39 is 34.1 Å². The molecule has 11 heteroatoms. The van der Waals surface area contributed by atoms with Gasteiger partial charge in [-0.2, -0.15) is 4.31 Å². The Balaban J connectivity index is 1.18. The number of amides is 1. The number of hydrogen-bond acceptors (Lipinski definition) is 7. The van der Waals surface area contributed by atoms with E-state index in [9.17, 15) is 22.7 Å². The highest BCUT2D eigenvalue weighted by atomic mass is 32.2. The minimum Gasteiger partial charge on any atom is -0.389 e. The summed E-state index contributed by atoms with van der Waals surface area (Å²) >= 11 is 0. The smallest absolute Gasteiger partial charge is 0.243 e. The van der Waals surface area contributed by atoms with Gasteiger partial charge in [0.2, 0.25) is 15.9 Å². The predicted molar refractivity (Wildman–Crippen MR) is 142 cm³/mol. The van der Waals surface area contributed by atoms with Crippen molar-refractivity contribution >= 4 is 15.9 Å². The Hall–Kier alpha value is -2.41. The van der Waals surface area contributed by atoms with E-state index in [1.165, 1.54) is 22.0 Å². The summed E-state index contributed by atoms with van der Waals surface area (Å²) in [6.45, 7) is 2.49. The van der Waals surface area contributed by atoms with E-state index in [0.29, 0.717) is 12.8 Å². The fraction of sp³-hybridized carbons (Fsp3) is 0.536. The summed E-state index contributed by atoms with van der Waals surface area (Å²) in [5.41, 5.74) is 1.25. The zero-order chi connectivity index (χ0) is 27.4. The summed E-state index contributed by atoms with van der Waals surface area (Å²) in [5.74, 6) is -0.612. The highest BCUT2D eigenvalue weighted by Gasteiger charge is 2.43. The number of ether oxygens (including phenoxy) is 2. The second kappa shape index (κ2) is 12.4. The Morgan fingerprint density at radius 3 is 2.56 bits per heavy atom. The first-order valence-electron chi connectivity index (χ1n) is 13.5. The van der Waals surface area contributed by atoms with E-state index in [1.807, 2.05) is 18.2 Å². The summed E-state index contributed by atoms with van der Waals surface area (Å²) in [6.07, 6.45) is 0.0617. The Bertz CT molecular complexity index is 1220. The van der Waals surface area contributed by atoms with Crippen LogP contribution in [0.4, 0.5) is 4.39 Å². The molecular weight excluding hydrogens is 525 g/mol. The number of nitrogens with one attached hydrogen (secondary N) is 1. The Kier molecular flexibility index (Phi) is 8.95. The molecule has 0 spiro atoms. The average Bonchev–Trinajstić information content (AvgIpc) is 3.33. The van der Waals surface area contributed by atoms with Crippen LogP contribution < -0.4 is 5.32 Å². The number of aliphatic hydroxyl groups excluding tert-OH is 1. The number of benzene rings is 2. The van der Waals surface area contributed by atoms with Crippen LogP contribution in [0.25, 0.3) is 0 Å². The van der Waals surface area contributed by atoms with Gasteiger partial charge in [-0.15, -0.1) is 0 Å². The van der Waals surface area contributed by atoms with Gasteiger partial charge in [0.05, 0.1) is 48.9 Å². The molecule has 0 unspecified atom stereocenters. The molecule has 5 rings (SSSR count). The van der Waals surface area contributed by atoms with E-state index in [-0.39, 0.29) is 49.1 Å². The number of halogens is 1. The molecule has 5 atom stereocenters. The van der Waals surface area contributed by atoms with Gasteiger partial charge in [-0.1, -0.05) is 30.3 Å². The van der Waals surface area contributed by atoms with E-state index >= 15 is 0 Å². The van der Waals surface area contributed by atoms with Crippen LogP contribution >= 0.6 is 0 Å². The molecule has 0 saturated carbocycles. The molecule has 2 aromatic carbocycles. The minimum absolute atomic E-state index is 0.0334. The number of fused-ring (bicyclic) bond motifs is 1. The van der Waals surface area contributed by atoms with Gasteiger partial charge < -0.3 is 19.9 Å². The summed E-state index contributed by atoms with van der Waals surface area (Å²) in [7, 11) is -4.02. The first kappa shape index (κ1) is 28.1. The van der Waals surface area contributed by atoms with Gasteiger partial charge in [-0.25, -0.2) is 12.8 Å². The number of likely N-dealkylation sites (tertiary alicyclic amines) is 1. The molecule has 3 aliphatic rings. The fourth-order valence-electron chi connectivity index (χ4n) is 5.74. The van der Waals surface area contributed by atoms with Crippen molar-refractivity contribution in [2.75, 3.05) is 32.8 Å². The highest BCUT2D eigenvalue weighted by molar-refractivity contribution is 7.89. The molecule has 39 heavy (non-hydrogen) atoms. The number of sulfonamides is 1. The quantitative estimate of drug-likeness (QED) is 0.532. The Morgan fingerprint density at radius 1 is 1.03 bits per heavy atom. The average molecular weight is 562 g/mol. The maximum Gasteiger partial charge on any atom is 0.243 e. The van der Waals surface area contributed by atoms with Crippen LogP contribution in [0.1, 0.15) is 31.2 Å². The zero-order valence-corrected chi connectivity index (χ0v) is 22.6. The normalized spacial score (nSPS) is 28.8. The van der Waals surface area contributed by atoms with E-state index in [2.05, 4.69) is 22.3 Å². The molecule has 1 amide bonds. The van der Waals surface area contributed by atoms with Crippen molar-refractivity contribution in [3.05, 3.63) is 66.0 Å². The van der Waals surface area contributed by atoms with Gasteiger partial charge >= 0.3 is 0 Å². The van der Waals surface area contributed by atoms with Gasteiger partial charge in [0.15, 0.2) is 0 Å². The number of β-amino-alcohol motifs (C(OH)–C–C–N with tert-alkyl or cyclic N) is 1. The third-order valence-corrected chi connectivity index (χ3v) is 9.56. The lowest BCUT2D eigenvalue weighted by Crippen LogP contribution is -2.57. The minimum atomic E-state index is -4.02. The Morgan fingerprint density at radius 2 is 1.79 bits per heavy atom. The van der Waals surface area contributed by atoms with Crippen molar-refractivity contribution in [3.63, 3.8) is 0 Å². The third-order valence-electron chi connectivity index (χ3n) is 7.65. The monoisotopic (exact) mass is 561 g/mol. The first-order valence-corrected chi connectivity index (χ1v) is 15.0. The lowest BCUT2D eigenvalue weighted by molar-refractivity contribution is -0.146. The Labute approximate surface area is 228 Å². The molecule has 3 saturated heterocycles. The van der Waals surface area contributed by atoms with Crippen molar-refractivity contribution < 1.29 is 32.2 Å². The van der Waals surface area contributed by atoms with Crippen LogP contribution in [0.5, 0.6) is 0 Å². The van der Waals surface area contributed by atoms with Crippen LogP contribution in [-0.2, 0) is 30.8 Å². The van der Waals surface area contributed by atoms with Crippen LogP contribution in [0.15, 0.2) is 59.5 Å². The van der Waals surface area contributed by atoms with Crippen molar-refractivity contribution in [2.45, 2.75) is 67.5 Å². The SMILES string of the molecule is O=C(C[C@@H]1CC[C@@H]2[C@H](COC[C@H](O)CN2S(=O)(=O)c2ccc(F)cc2)O1)N[C@@H]1CCN(Cc2ccccc2)C1.